The molecule has 0 bridgehead atoms. The van der Waals surface area contributed by atoms with Gasteiger partial charge in [0.25, 0.3) is 0 Å². The molecule has 8 heteroatoms. The van der Waals surface area contributed by atoms with E-state index in [9.17, 15) is 4.57 Å². The van der Waals surface area contributed by atoms with Crippen LogP contribution in [-0.2, 0) is 9.09 Å². The number of nitrogens with one attached hydrogen (secondary N) is 1. The first kappa shape index (κ1) is 22.5. The number of methoxy groups -OCH3 is 1. The molecule has 4 rings (SSSR count). The minimum absolute atomic E-state index is 0.272. The average molecular weight is 461 g/mol. The molecule has 0 saturated heterocycles. The van der Waals surface area contributed by atoms with Crippen molar-refractivity contribution in [3.63, 3.8) is 0 Å². The monoisotopic (exact) mass is 461 g/mol. The smallest absolute Gasteiger partial charge is 0.410 e. The maximum absolute atomic E-state index is 13.3. The summed E-state index contributed by atoms with van der Waals surface area (Å²) in [5.74, 6) is 1.81. The van der Waals surface area contributed by atoms with Crippen LogP contribution in [0, 0.1) is 0 Å². The molecule has 1 N–H and O–H groups in total. The van der Waals surface area contributed by atoms with Crippen LogP contribution >= 0.6 is 7.60 Å². The number of rotatable bonds is 9. The van der Waals surface area contributed by atoms with Crippen LogP contribution in [-0.4, -0.2) is 23.7 Å². The zero-order valence-corrected chi connectivity index (χ0v) is 19.2. The van der Waals surface area contributed by atoms with Crippen LogP contribution in [0.25, 0.3) is 11.3 Å². The Balaban J connectivity index is 1.51. The van der Waals surface area contributed by atoms with Gasteiger partial charge in [-0.05, 0) is 55.5 Å². The van der Waals surface area contributed by atoms with Gasteiger partial charge in [-0.1, -0.05) is 30.3 Å². The highest BCUT2D eigenvalue weighted by molar-refractivity contribution is 7.62. The predicted octanol–water partition coefficient (Wildman–Crippen LogP) is 5.83. The van der Waals surface area contributed by atoms with E-state index < -0.39 is 7.60 Å². The Labute approximate surface area is 192 Å². The van der Waals surface area contributed by atoms with Gasteiger partial charge in [0.05, 0.1) is 24.7 Å². The van der Waals surface area contributed by atoms with E-state index in [-0.39, 0.29) is 6.61 Å². The molecule has 0 radical (unpaired) electrons. The predicted molar refractivity (Wildman–Crippen MR) is 130 cm³/mol. The summed E-state index contributed by atoms with van der Waals surface area (Å²) < 4.78 is 30.0. The third-order valence-electron chi connectivity index (χ3n) is 4.77. The topological polar surface area (TPSA) is 82.6 Å². The van der Waals surface area contributed by atoms with Crippen molar-refractivity contribution in [2.75, 3.05) is 19.0 Å². The first-order chi connectivity index (χ1) is 16.1. The molecule has 0 spiro atoms. The molecule has 0 fully saturated rings. The number of hydrogen-bond donors (Lipinski definition) is 1. The summed E-state index contributed by atoms with van der Waals surface area (Å²) >= 11 is 0. The number of anilines is 2. The van der Waals surface area contributed by atoms with E-state index in [0.29, 0.717) is 16.9 Å². The van der Waals surface area contributed by atoms with Crippen molar-refractivity contribution in [1.82, 2.24) is 9.97 Å². The second-order valence-electron chi connectivity index (χ2n) is 6.98. The quantitative estimate of drug-likeness (QED) is 0.314. The third kappa shape index (κ3) is 5.40. The molecule has 7 nitrogen and oxygen atoms in total. The van der Waals surface area contributed by atoms with Crippen LogP contribution in [0.2, 0.25) is 0 Å². The molecule has 0 amide bonds. The zero-order chi connectivity index (χ0) is 23.1. The lowest BCUT2D eigenvalue weighted by Gasteiger charge is -2.19. The van der Waals surface area contributed by atoms with E-state index >= 15 is 0 Å². The Kier molecular flexibility index (Phi) is 7.03. The van der Waals surface area contributed by atoms with Crippen LogP contribution in [0.3, 0.4) is 0 Å². The van der Waals surface area contributed by atoms with Gasteiger partial charge in [0.15, 0.2) is 0 Å². The average Bonchev–Trinajstić information content (AvgIpc) is 2.86. The van der Waals surface area contributed by atoms with Gasteiger partial charge >= 0.3 is 7.60 Å². The first-order valence-corrected chi connectivity index (χ1v) is 12.0. The summed E-state index contributed by atoms with van der Waals surface area (Å²) in [5.41, 5.74) is 2.41. The SMILES string of the molecule is CCOP(=O)(Oc1ccc(Nc2cc(-c3ccccc3OC)ncn2)cc1)c1ccccc1. The Morgan fingerprint density at radius 2 is 1.64 bits per heavy atom. The van der Waals surface area contributed by atoms with Crippen molar-refractivity contribution in [1.29, 1.82) is 0 Å². The Morgan fingerprint density at radius 1 is 0.909 bits per heavy atom. The molecule has 0 aliphatic heterocycles. The number of nitrogens with zero attached hydrogens (tertiary/aromatic N) is 2. The van der Waals surface area contributed by atoms with E-state index in [1.807, 2.05) is 48.5 Å². The number of aromatic nitrogens is 2. The molecule has 33 heavy (non-hydrogen) atoms. The molecular formula is C25H24N3O4P. The van der Waals surface area contributed by atoms with Gasteiger partial charge < -0.3 is 14.6 Å². The number of ether oxygens (including phenoxy) is 1. The maximum atomic E-state index is 13.3. The minimum atomic E-state index is -3.48. The lowest BCUT2D eigenvalue weighted by Crippen LogP contribution is -2.12. The lowest BCUT2D eigenvalue weighted by atomic mass is 10.1. The Hall–Kier alpha value is -3.67. The van der Waals surface area contributed by atoms with Gasteiger partial charge in [-0.25, -0.2) is 14.5 Å². The third-order valence-corrected chi connectivity index (χ3v) is 6.75. The van der Waals surface area contributed by atoms with E-state index in [1.165, 1.54) is 6.33 Å². The second kappa shape index (κ2) is 10.3. The zero-order valence-electron chi connectivity index (χ0n) is 18.3. The first-order valence-electron chi connectivity index (χ1n) is 10.4. The molecular weight excluding hydrogens is 437 g/mol. The fourth-order valence-electron chi connectivity index (χ4n) is 3.25. The fraction of sp³-hybridized carbons (Fsp3) is 0.120. The summed E-state index contributed by atoms with van der Waals surface area (Å²) in [7, 11) is -1.85. The van der Waals surface area contributed by atoms with Gasteiger partial charge in [0.2, 0.25) is 0 Å². The number of benzene rings is 3. The van der Waals surface area contributed by atoms with Crippen LogP contribution in [0.4, 0.5) is 11.5 Å². The van der Waals surface area contributed by atoms with Gasteiger partial charge in [-0.2, -0.15) is 0 Å². The summed E-state index contributed by atoms with van der Waals surface area (Å²) in [4.78, 5) is 8.67. The summed E-state index contributed by atoms with van der Waals surface area (Å²) in [6.07, 6.45) is 1.50. The highest BCUT2D eigenvalue weighted by Gasteiger charge is 2.28. The summed E-state index contributed by atoms with van der Waals surface area (Å²) in [5, 5.41) is 3.76. The van der Waals surface area contributed by atoms with E-state index in [2.05, 4.69) is 15.3 Å². The molecule has 0 saturated carbocycles. The Morgan fingerprint density at radius 3 is 2.36 bits per heavy atom. The van der Waals surface area contributed by atoms with Crippen molar-refractivity contribution >= 4 is 24.4 Å². The molecule has 4 aromatic rings. The van der Waals surface area contributed by atoms with Crippen molar-refractivity contribution < 1.29 is 18.3 Å². The lowest BCUT2D eigenvalue weighted by molar-refractivity contribution is 0.289. The van der Waals surface area contributed by atoms with Crippen LogP contribution in [0.15, 0.2) is 91.3 Å². The fourth-order valence-corrected chi connectivity index (χ4v) is 4.83. The van der Waals surface area contributed by atoms with E-state index in [1.54, 1.807) is 50.4 Å². The van der Waals surface area contributed by atoms with Gasteiger partial charge in [-0.3, -0.25) is 4.52 Å². The number of para-hydroxylation sites is 1. The number of hydrogen-bond acceptors (Lipinski definition) is 7. The molecule has 1 atom stereocenters. The van der Waals surface area contributed by atoms with Gasteiger partial charge in [0, 0.05) is 17.3 Å². The molecule has 1 heterocycles. The molecule has 0 aliphatic carbocycles. The highest BCUT2D eigenvalue weighted by Crippen LogP contribution is 2.47. The van der Waals surface area contributed by atoms with Crippen molar-refractivity contribution in [2.45, 2.75) is 6.92 Å². The Bertz CT molecular complexity index is 1250. The molecule has 3 aromatic carbocycles. The van der Waals surface area contributed by atoms with Crippen molar-refractivity contribution in [2.24, 2.45) is 0 Å². The van der Waals surface area contributed by atoms with Crippen LogP contribution in [0.1, 0.15) is 6.92 Å². The second-order valence-corrected chi connectivity index (χ2v) is 8.93. The summed E-state index contributed by atoms with van der Waals surface area (Å²) in [6.45, 7) is 2.06. The molecule has 1 aromatic heterocycles. The minimum Gasteiger partial charge on any atom is -0.496 e. The van der Waals surface area contributed by atoms with E-state index in [0.717, 1.165) is 22.7 Å². The maximum Gasteiger partial charge on any atom is 0.410 e. The molecule has 0 aliphatic rings. The standard InChI is InChI=1S/C25H24N3O4P/c1-3-31-33(29,21-9-5-4-6-10-21)32-20-15-13-19(14-16-20)28-25-17-23(26-18-27-25)22-11-7-8-12-24(22)30-2/h4-18H,3H2,1-2H3,(H,26,27,28). The van der Waals surface area contributed by atoms with Crippen molar-refractivity contribution in [3.8, 4) is 22.8 Å². The van der Waals surface area contributed by atoms with E-state index in [4.69, 9.17) is 13.8 Å². The van der Waals surface area contributed by atoms with Crippen LogP contribution < -0.4 is 19.9 Å². The van der Waals surface area contributed by atoms with Gasteiger partial charge in [0.1, 0.15) is 23.6 Å². The molecule has 168 valence electrons. The normalized spacial score (nSPS) is 12.5. The molecule has 1 unspecified atom stereocenters. The van der Waals surface area contributed by atoms with Gasteiger partial charge in [-0.15, -0.1) is 0 Å². The van der Waals surface area contributed by atoms with Crippen LogP contribution in [0.5, 0.6) is 11.5 Å². The largest absolute Gasteiger partial charge is 0.496 e. The summed E-state index contributed by atoms with van der Waals surface area (Å²) in [6, 6.07) is 25.6. The van der Waals surface area contributed by atoms with Crippen molar-refractivity contribution in [3.05, 3.63) is 91.3 Å². The highest BCUT2D eigenvalue weighted by atomic mass is 31.2.